The molecule has 0 amide bonds. The molecule has 1 aromatic carbocycles. The smallest absolute Gasteiger partial charge is 0.481 e. The number of carbonyl (C=O) groups is 1. The van der Waals surface area contributed by atoms with E-state index in [1.54, 1.807) is 0 Å². The van der Waals surface area contributed by atoms with E-state index in [2.05, 4.69) is 4.74 Å². The van der Waals surface area contributed by atoms with E-state index in [4.69, 9.17) is 5.11 Å². The molecular formula is C14H18F3NO3. The van der Waals surface area contributed by atoms with Crippen LogP contribution in [0.3, 0.4) is 0 Å². The van der Waals surface area contributed by atoms with Crippen LogP contribution in [0, 0.1) is 0 Å². The molecule has 0 spiro atoms. The standard InChI is InChI=1S/C14H18F3NO3/c1-3-18(4-2)12(9-13(19)20)10-5-7-11(8-6-10)21-14(15,16)17/h5-8,12H,3-4,9H2,1-2H3,(H,19,20). The van der Waals surface area contributed by atoms with Gasteiger partial charge in [-0.3, -0.25) is 9.69 Å². The van der Waals surface area contributed by atoms with E-state index in [1.165, 1.54) is 24.3 Å². The number of carboxylic acid groups (broad SMARTS) is 1. The Hall–Kier alpha value is -1.76. The first-order chi connectivity index (χ1) is 9.76. The third-order valence-electron chi connectivity index (χ3n) is 3.12. The van der Waals surface area contributed by atoms with Crippen LogP contribution in [0.4, 0.5) is 13.2 Å². The van der Waals surface area contributed by atoms with Gasteiger partial charge in [-0.25, -0.2) is 0 Å². The predicted molar refractivity (Wildman–Crippen MR) is 71.0 cm³/mol. The van der Waals surface area contributed by atoms with Crippen LogP contribution < -0.4 is 4.74 Å². The van der Waals surface area contributed by atoms with Gasteiger partial charge in [0.05, 0.1) is 6.42 Å². The molecule has 0 aliphatic carbocycles. The normalized spacial score (nSPS) is 13.2. The number of benzene rings is 1. The van der Waals surface area contributed by atoms with E-state index in [9.17, 15) is 18.0 Å². The van der Waals surface area contributed by atoms with Gasteiger partial charge in [-0.05, 0) is 30.8 Å². The highest BCUT2D eigenvalue weighted by Gasteiger charge is 2.31. The number of halogens is 3. The molecule has 1 aromatic rings. The molecule has 0 bridgehead atoms. The summed E-state index contributed by atoms with van der Waals surface area (Å²) in [4.78, 5) is 12.9. The SMILES string of the molecule is CCN(CC)C(CC(=O)O)c1ccc(OC(F)(F)F)cc1. The fourth-order valence-corrected chi connectivity index (χ4v) is 2.18. The van der Waals surface area contributed by atoms with E-state index in [1.807, 2.05) is 18.7 Å². The minimum absolute atomic E-state index is 0.110. The first-order valence-corrected chi connectivity index (χ1v) is 6.58. The summed E-state index contributed by atoms with van der Waals surface area (Å²) in [6.07, 6.45) is -4.85. The van der Waals surface area contributed by atoms with E-state index in [0.717, 1.165) is 0 Å². The van der Waals surface area contributed by atoms with Crippen molar-refractivity contribution in [1.82, 2.24) is 4.90 Å². The van der Waals surface area contributed by atoms with E-state index >= 15 is 0 Å². The molecule has 0 heterocycles. The van der Waals surface area contributed by atoms with Gasteiger partial charge in [-0.1, -0.05) is 26.0 Å². The second-order valence-corrected chi connectivity index (χ2v) is 4.45. The summed E-state index contributed by atoms with van der Waals surface area (Å²) in [6.45, 7) is 5.10. The summed E-state index contributed by atoms with van der Waals surface area (Å²) in [7, 11) is 0. The Labute approximate surface area is 121 Å². The highest BCUT2D eigenvalue weighted by atomic mass is 19.4. The van der Waals surface area contributed by atoms with Crippen LogP contribution in [-0.4, -0.2) is 35.4 Å². The molecule has 0 aliphatic heterocycles. The summed E-state index contributed by atoms with van der Waals surface area (Å²) in [6, 6.07) is 4.94. The van der Waals surface area contributed by atoms with Crippen molar-refractivity contribution in [2.45, 2.75) is 32.7 Å². The van der Waals surface area contributed by atoms with E-state index < -0.39 is 12.3 Å². The number of aliphatic carboxylic acids is 1. The van der Waals surface area contributed by atoms with Gasteiger partial charge in [0.2, 0.25) is 0 Å². The number of alkyl halides is 3. The summed E-state index contributed by atoms with van der Waals surface area (Å²) >= 11 is 0. The first kappa shape index (κ1) is 17.3. The van der Waals surface area contributed by atoms with Gasteiger partial charge < -0.3 is 9.84 Å². The lowest BCUT2D eigenvalue weighted by Gasteiger charge is -2.29. The number of nitrogens with zero attached hydrogens (tertiary/aromatic N) is 1. The minimum Gasteiger partial charge on any atom is -0.481 e. The Balaban J connectivity index is 2.95. The van der Waals surface area contributed by atoms with Crippen LogP contribution in [0.25, 0.3) is 0 Å². The Morgan fingerprint density at radius 1 is 1.24 bits per heavy atom. The fraction of sp³-hybridized carbons (Fsp3) is 0.500. The van der Waals surface area contributed by atoms with Gasteiger partial charge in [0.15, 0.2) is 0 Å². The molecule has 0 aromatic heterocycles. The molecule has 1 N–H and O–H groups in total. The summed E-state index contributed by atoms with van der Waals surface area (Å²) in [5.74, 6) is -1.28. The third kappa shape index (κ3) is 5.63. The van der Waals surface area contributed by atoms with E-state index in [-0.39, 0.29) is 18.2 Å². The van der Waals surface area contributed by atoms with Gasteiger partial charge in [-0.15, -0.1) is 13.2 Å². The molecule has 0 saturated heterocycles. The summed E-state index contributed by atoms with van der Waals surface area (Å²) in [5, 5.41) is 8.99. The molecule has 0 aliphatic rings. The van der Waals surface area contributed by atoms with Crippen LogP contribution >= 0.6 is 0 Å². The van der Waals surface area contributed by atoms with Crippen LogP contribution in [0.2, 0.25) is 0 Å². The van der Waals surface area contributed by atoms with Gasteiger partial charge in [-0.2, -0.15) is 0 Å². The molecule has 0 saturated carbocycles. The monoisotopic (exact) mass is 305 g/mol. The van der Waals surface area contributed by atoms with Crippen molar-refractivity contribution in [3.05, 3.63) is 29.8 Å². The zero-order chi connectivity index (χ0) is 16.0. The zero-order valence-corrected chi connectivity index (χ0v) is 11.9. The highest BCUT2D eigenvalue weighted by molar-refractivity contribution is 5.68. The van der Waals surface area contributed by atoms with Gasteiger partial charge in [0.25, 0.3) is 0 Å². The van der Waals surface area contributed by atoms with Crippen LogP contribution in [0.15, 0.2) is 24.3 Å². The molecule has 21 heavy (non-hydrogen) atoms. The van der Waals surface area contributed by atoms with Crippen molar-refractivity contribution in [2.24, 2.45) is 0 Å². The van der Waals surface area contributed by atoms with Crippen molar-refractivity contribution in [3.63, 3.8) is 0 Å². The lowest BCUT2D eigenvalue weighted by atomic mass is 10.0. The lowest BCUT2D eigenvalue weighted by Crippen LogP contribution is -2.30. The van der Waals surface area contributed by atoms with Crippen molar-refractivity contribution in [2.75, 3.05) is 13.1 Å². The molecule has 0 radical (unpaired) electrons. The number of hydrogen-bond acceptors (Lipinski definition) is 3. The number of ether oxygens (including phenoxy) is 1. The predicted octanol–water partition coefficient (Wildman–Crippen LogP) is 3.44. The number of rotatable bonds is 7. The molecule has 1 unspecified atom stereocenters. The number of carboxylic acids is 1. The second-order valence-electron chi connectivity index (χ2n) is 4.45. The first-order valence-electron chi connectivity index (χ1n) is 6.58. The van der Waals surface area contributed by atoms with Crippen LogP contribution in [-0.2, 0) is 4.79 Å². The van der Waals surface area contributed by atoms with Crippen LogP contribution in [0.1, 0.15) is 31.9 Å². The van der Waals surface area contributed by atoms with Gasteiger partial charge >= 0.3 is 12.3 Å². The molecule has 0 fully saturated rings. The van der Waals surface area contributed by atoms with Crippen molar-refractivity contribution < 1.29 is 27.8 Å². The van der Waals surface area contributed by atoms with Crippen molar-refractivity contribution in [1.29, 1.82) is 0 Å². The fourth-order valence-electron chi connectivity index (χ4n) is 2.18. The summed E-state index contributed by atoms with van der Waals surface area (Å²) < 4.78 is 40.1. The zero-order valence-electron chi connectivity index (χ0n) is 11.9. The maximum absolute atomic E-state index is 12.1. The quantitative estimate of drug-likeness (QED) is 0.838. The number of hydrogen-bond donors (Lipinski definition) is 1. The highest BCUT2D eigenvalue weighted by Crippen LogP contribution is 2.28. The average molecular weight is 305 g/mol. The van der Waals surface area contributed by atoms with E-state index in [0.29, 0.717) is 18.7 Å². The largest absolute Gasteiger partial charge is 0.573 e. The second kappa shape index (κ2) is 7.31. The van der Waals surface area contributed by atoms with Crippen molar-refractivity contribution in [3.8, 4) is 5.75 Å². The van der Waals surface area contributed by atoms with Gasteiger partial charge in [0, 0.05) is 6.04 Å². The molecule has 4 nitrogen and oxygen atoms in total. The Morgan fingerprint density at radius 2 is 1.76 bits per heavy atom. The Bertz CT molecular complexity index is 456. The third-order valence-corrected chi connectivity index (χ3v) is 3.12. The molecule has 118 valence electrons. The molecule has 1 rings (SSSR count). The Morgan fingerprint density at radius 3 is 2.14 bits per heavy atom. The summed E-state index contributed by atoms with van der Waals surface area (Å²) in [5.41, 5.74) is 0.649. The minimum atomic E-state index is -4.74. The Kier molecular flexibility index (Phi) is 6.02. The van der Waals surface area contributed by atoms with Gasteiger partial charge in [0.1, 0.15) is 5.75 Å². The average Bonchev–Trinajstić information content (AvgIpc) is 2.37. The van der Waals surface area contributed by atoms with Crippen LogP contribution in [0.5, 0.6) is 5.75 Å². The maximum atomic E-state index is 12.1. The molecular weight excluding hydrogens is 287 g/mol. The maximum Gasteiger partial charge on any atom is 0.573 e. The van der Waals surface area contributed by atoms with Crippen molar-refractivity contribution >= 4 is 5.97 Å². The molecule has 7 heteroatoms. The molecule has 1 atom stereocenters. The topological polar surface area (TPSA) is 49.8 Å². The lowest BCUT2D eigenvalue weighted by molar-refractivity contribution is -0.274.